The minimum absolute atomic E-state index is 0.210. The molecule has 1 N–H and O–H groups in total. The molecule has 0 saturated heterocycles. The van der Waals surface area contributed by atoms with Crippen molar-refractivity contribution in [1.82, 2.24) is 0 Å². The molecular weight excluding hydrogens is 338 g/mol. The van der Waals surface area contributed by atoms with E-state index in [1.165, 1.54) is 7.11 Å². The Hall–Kier alpha value is -1.41. The van der Waals surface area contributed by atoms with Gasteiger partial charge in [0.25, 0.3) is 0 Å². The lowest BCUT2D eigenvalue weighted by molar-refractivity contribution is -0.145. The van der Waals surface area contributed by atoms with E-state index in [2.05, 4.69) is 30.7 Å². The van der Waals surface area contributed by atoms with Gasteiger partial charge in [-0.25, -0.2) is 4.79 Å². The van der Waals surface area contributed by atoms with Gasteiger partial charge in [-0.3, -0.25) is 9.59 Å². The molecule has 8 heteroatoms. The molecule has 0 saturated carbocycles. The van der Waals surface area contributed by atoms with Crippen LogP contribution in [0.2, 0.25) is 0 Å². The second kappa shape index (κ2) is 7.25. The van der Waals surface area contributed by atoms with Crippen molar-refractivity contribution in [2.45, 2.75) is 13.3 Å². The number of amides is 1. The molecule has 1 rings (SSSR count). The number of esters is 2. The fourth-order valence-electron chi connectivity index (χ4n) is 1.22. The Morgan fingerprint density at radius 3 is 2.68 bits per heavy atom. The van der Waals surface area contributed by atoms with Crippen molar-refractivity contribution in [3.8, 4) is 0 Å². The van der Waals surface area contributed by atoms with Gasteiger partial charge in [0.15, 0.2) is 0 Å². The number of carbonyl (C=O) groups excluding carboxylic acids is 3. The van der Waals surface area contributed by atoms with Crippen LogP contribution >= 0.6 is 27.3 Å². The molecule has 0 aromatic carbocycles. The van der Waals surface area contributed by atoms with E-state index in [9.17, 15) is 14.4 Å². The van der Waals surface area contributed by atoms with Crippen LogP contribution in [0.4, 0.5) is 5.69 Å². The van der Waals surface area contributed by atoms with Crippen molar-refractivity contribution in [2.75, 3.05) is 19.0 Å². The van der Waals surface area contributed by atoms with Gasteiger partial charge >= 0.3 is 11.9 Å². The van der Waals surface area contributed by atoms with Crippen molar-refractivity contribution < 1.29 is 23.9 Å². The molecule has 1 aromatic rings. The fraction of sp³-hybridized carbons (Fsp3) is 0.364. The van der Waals surface area contributed by atoms with E-state index in [1.807, 2.05) is 0 Å². The molecular formula is C11H12BrNO5S. The Morgan fingerprint density at radius 2 is 2.11 bits per heavy atom. The van der Waals surface area contributed by atoms with E-state index in [4.69, 9.17) is 0 Å². The topological polar surface area (TPSA) is 81.7 Å². The third kappa shape index (κ3) is 4.32. The lowest BCUT2D eigenvalue weighted by atomic mass is 10.3. The molecule has 1 aromatic heterocycles. The number of ether oxygens (including phenoxy) is 2. The lowest BCUT2D eigenvalue weighted by Crippen LogP contribution is -2.19. The minimum atomic E-state index is -0.619. The molecule has 0 aliphatic carbocycles. The first-order valence-electron chi connectivity index (χ1n) is 5.30. The lowest BCUT2D eigenvalue weighted by Gasteiger charge is -2.06. The summed E-state index contributed by atoms with van der Waals surface area (Å²) in [4.78, 5) is 34.5. The van der Waals surface area contributed by atoms with E-state index >= 15 is 0 Å². The summed E-state index contributed by atoms with van der Waals surface area (Å²) in [7, 11) is 1.25. The van der Waals surface area contributed by atoms with Crippen LogP contribution in [0.1, 0.15) is 23.0 Å². The Balaban J connectivity index is 2.76. The van der Waals surface area contributed by atoms with Crippen molar-refractivity contribution in [3.05, 3.63) is 14.7 Å². The summed E-state index contributed by atoms with van der Waals surface area (Å²) >= 11 is 4.34. The standard InChI is InChI=1S/C11H12BrNO5S/c1-3-18-8(15)4-7(14)13-9-6(12)5-19-10(9)11(16)17-2/h5H,3-4H2,1-2H3,(H,13,14). The highest BCUT2D eigenvalue weighted by molar-refractivity contribution is 9.10. The molecule has 1 heterocycles. The first-order chi connectivity index (χ1) is 8.99. The van der Waals surface area contributed by atoms with Gasteiger partial charge in [0.1, 0.15) is 11.3 Å². The third-order valence-electron chi connectivity index (χ3n) is 1.99. The zero-order valence-electron chi connectivity index (χ0n) is 10.3. The van der Waals surface area contributed by atoms with E-state index in [-0.39, 0.29) is 11.5 Å². The maximum atomic E-state index is 11.6. The van der Waals surface area contributed by atoms with Crippen molar-refractivity contribution >= 4 is 50.8 Å². The van der Waals surface area contributed by atoms with Crippen LogP contribution in [0.25, 0.3) is 0 Å². The molecule has 0 atom stereocenters. The Labute approximate surface area is 122 Å². The number of nitrogens with one attached hydrogen (secondary N) is 1. The van der Waals surface area contributed by atoms with E-state index in [1.54, 1.807) is 12.3 Å². The van der Waals surface area contributed by atoms with E-state index < -0.39 is 24.3 Å². The molecule has 0 fully saturated rings. The van der Waals surface area contributed by atoms with Gasteiger partial charge in [0, 0.05) is 5.38 Å². The summed E-state index contributed by atoms with van der Waals surface area (Å²) in [6, 6.07) is 0. The normalized spacial score (nSPS) is 9.84. The summed E-state index contributed by atoms with van der Waals surface area (Å²) in [5.74, 6) is -1.73. The zero-order valence-corrected chi connectivity index (χ0v) is 12.7. The van der Waals surface area contributed by atoms with Gasteiger partial charge < -0.3 is 14.8 Å². The number of anilines is 1. The molecule has 6 nitrogen and oxygen atoms in total. The molecule has 104 valence electrons. The van der Waals surface area contributed by atoms with Crippen LogP contribution in [0, 0.1) is 0 Å². The number of halogens is 1. The summed E-state index contributed by atoms with van der Waals surface area (Å²) in [5.41, 5.74) is 0.297. The average molecular weight is 350 g/mol. The second-order valence-electron chi connectivity index (χ2n) is 3.31. The van der Waals surface area contributed by atoms with Crippen LogP contribution in [0.3, 0.4) is 0 Å². The second-order valence-corrected chi connectivity index (χ2v) is 5.04. The van der Waals surface area contributed by atoms with Crippen LogP contribution in [-0.2, 0) is 19.1 Å². The molecule has 0 unspecified atom stereocenters. The molecule has 0 aliphatic rings. The molecule has 19 heavy (non-hydrogen) atoms. The third-order valence-corrected chi connectivity index (χ3v) is 3.88. The van der Waals surface area contributed by atoms with E-state index in [0.717, 1.165) is 11.3 Å². The van der Waals surface area contributed by atoms with Gasteiger partial charge in [0.2, 0.25) is 5.91 Å². The largest absolute Gasteiger partial charge is 0.466 e. The first-order valence-corrected chi connectivity index (χ1v) is 6.97. The van der Waals surface area contributed by atoms with Crippen molar-refractivity contribution in [2.24, 2.45) is 0 Å². The highest BCUT2D eigenvalue weighted by atomic mass is 79.9. The molecule has 0 bridgehead atoms. The summed E-state index contributed by atoms with van der Waals surface area (Å²) in [6.07, 6.45) is -0.406. The van der Waals surface area contributed by atoms with Gasteiger partial charge in [-0.2, -0.15) is 0 Å². The number of hydrogen-bond acceptors (Lipinski definition) is 6. The quantitative estimate of drug-likeness (QED) is 0.650. The first kappa shape index (κ1) is 15.6. The predicted molar refractivity (Wildman–Crippen MR) is 73.2 cm³/mol. The average Bonchev–Trinajstić information content (AvgIpc) is 2.70. The Bertz CT molecular complexity index is 499. The van der Waals surface area contributed by atoms with E-state index in [0.29, 0.717) is 10.2 Å². The van der Waals surface area contributed by atoms with Crippen molar-refractivity contribution in [3.63, 3.8) is 0 Å². The summed E-state index contributed by atoms with van der Waals surface area (Å²) < 4.78 is 9.81. The number of thiophene rings is 1. The van der Waals surface area contributed by atoms with Gasteiger partial charge in [-0.1, -0.05) is 0 Å². The molecule has 0 radical (unpaired) electrons. The fourth-order valence-corrected chi connectivity index (χ4v) is 2.73. The molecule has 0 aliphatic heterocycles. The van der Waals surface area contributed by atoms with Crippen LogP contribution in [-0.4, -0.2) is 31.6 Å². The number of methoxy groups -OCH3 is 1. The number of carbonyl (C=O) groups is 3. The monoisotopic (exact) mass is 349 g/mol. The number of hydrogen-bond donors (Lipinski definition) is 1. The highest BCUT2D eigenvalue weighted by Gasteiger charge is 2.20. The Kier molecular flexibility index (Phi) is 5.97. The maximum Gasteiger partial charge on any atom is 0.350 e. The van der Waals surface area contributed by atoms with Crippen LogP contribution in [0.5, 0.6) is 0 Å². The number of rotatable bonds is 5. The molecule has 0 spiro atoms. The minimum Gasteiger partial charge on any atom is -0.466 e. The summed E-state index contributed by atoms with van der Waals surface area (Å²) in [6.45, 7) is 1.86. The highest BCUT2D eigenvalue weighted by Crippen LogP contribution is 2.33. The maximum absolute atomic E-state index is 11.6. The SMILES string of the molecule is CCOC(=O)CC(=O)Nc1c(Br)csc1C(=O)OC. The van der Waals surface area contributed by atoms with Gasteiger partial charge in [-0.15, -0.1) is 11.3 Å². The molecule has 1 amide bonds. The predicted octanol–water partition coefficient (Wildman–Crippen LogP) is 2.19. The zero-order chi connectivity index (χ0) is 14.4. The smallest absolute Gasteiger partial charge is 0.350 e. The summed E-state index contributed by atoms with van der Waals surface area (Å²) in [5, 5.41) is 4.13. The van der Waals surface area contributed by atoms with Gasteiger partial charge in [0.05, 0.1) is 23.9 Å². The van der Waals surface area contributed by atoms with Gasteiger partial charge in [-0.05, 0) is 22.9 Å². The van der Waals surface area contributed by atoms with Crippen molar-refractivity contribution in [1.29, 1.82) is 0 Å². The van der Waals surface area contributed by atoms with Crippen LogP contribution in [0.15, 0.2) is 9.85 Å². The Morgan fingerprint density at radius 1 is 1.42 bits per heavy atom. The van der Waals surface area contributed by atoms with Crippen LogP contribution < -0.4 is 5.32 Å².